The van der Waals surface area contributed by atoms with Crippen molar-refractivity contribution in [2.45, 2.75) is 6.54 Å². The van der Waals surface area contributed by atoms with Gasteiger partial charge < -0.3 is 10.1 Å². The van der Waals surface area contributed by atoms with Crippen molar-refractivity contribution < 1.29 is 13.9 Å². The van der Waals surface area contributed by atoms with E-state index >= 15 is 0 Å². The molecular formula is C21H17FN4O2S. The van der Waals surface area contributed by atoms with Gasteiger partial charge >= 0.3 is 0 Å². The van der Waals surface area contributed by atoms with Gasteiger partial charge in [-0.15, -0.1) is 16.4 Å². The van der Waals surface area contributed by atoms with Crippen LogP contribution in [-0.2, 0) is 6.54 Å². The third-order valence-electron chi connectivity index (χ3n) is 4.25. The lowest BCUT2D eigenvalue weighted by Crippen LogP contribution is -2.18. The standard InChI is InChI=1S/C21H17FN4O2S/c1-28-18-11-5-3-9-16(18)20(27)26-21(23-13-14-7-6-12-29-14)24-19(25-26)15-8-2-4-10-17(15)22/h2-12H,13H2,1H3,(H,23,24,25). The number of hydrogen-bond donors (Lipinski definition) is 1. The zero-order valence-electron chi connectivity index (χ0n) is 15.5. The van der Waals surface area contributed by atoms with Crippen LogP contribution in [0, 0.1) is 5.82 Å². The minimum Gasteiger partial charge on any atom is -0.496 e. The number of ether oxygens (including phenoxy) is 1. The predicted molar refractivity (Wildman–Crippen MR) is 110 cm³/mol. The predicted octanol–water partition coefficient (Wildman–Crippen LogP) is 4.45. The second-order valence-electron chi connectivity index (χ2n) is 6.09. The van der Waals surface area contributed by atoms with Crippen LogP contribution < -0.4 is 10.1 Å². The maximum Gasteiger partial charge on any atom is 0.285 e. The van der Waals surface area contributed by atoms with E-state index in [1.165, 1.54) is 13.2 Å². The van der Waals surface area contributed by atoms with Gasteiger partial charge in [0.05, 0.1) is 24.8 Å². The number of para-hydroxylation sites is 1. The fraction of sp³-hybridized carbons (Fsp3) is 0.0952. The van der Waals surface area contributed by atoms with Crippen molar-refractivity contribution in [1.82, 2.24) is 14.8 Å². The quantitative estimate of drug-likeness (QED) is 0.510. The molecule has 0 aliphatic rings. The Bertz CT molecular complexity index is 1140. The minimum atomic E-state index is -0.459. The summed E-state index contributed by atoms with van der Waals surface area (Å²) in [5.41, 5.74) is 0.553. The van der Waals surface area contributed by atoms with E-state index < -0.39 is 11.7 Å². The van der Waals surface area contributed by atoms with Crippen LogP contribution in [0.25, 0.3) is 11.4 Å². The van der Waals surface area contributed by atoms with Crippen LogP contribution in [0.1, 0.15) is 15.2 Å². The van der Waals surface area contributed by atoms with Gasteiger partial charge in [-0.25, -0.2) is 4.39 Å². The molecule has 29 heavy (non-hydrogen) atoms. The summed E-state index contributed by atoms with van der Waals surface area (Å²) in [6.07, 6.45) is 0. The molecule has 0 saturated carbocycles. The highest BCUT2D eigenvalue weighted by Gasteiger charge is 2.22. The van der Waals surface area contributed by atoms with Crippen LogP contribution >= 0.6 is 11.3 Å². The van der Waals surface area contributed by atoms with Crippen molar-refractivity contribution in [3.63, 3.8) is 0 Å². The smallest absolute Gasteiger partial charge is 0.285 e. The van der Waals surface area contributed by atoms with Crippen LogP contribution in [-0.4, -0.2) is 27.8 Å². The Labute approximate surface area is 170 Å². The van der Waals surface area contributed by atoms with E-state index in [2.05, 4.69) is 15.4 Å². The van der Waals surface area contributed by atoms with Crippen LogP contribution in [0.3, 0.4) is 0 Å². The number of hydrogen-bond acceptors (Lipinski definition) is 6. The molecule has 146 valence electrons. The van der Waals surface area contributed by atoms with Gasteiger partial charge in [0, 0.05) is 4.88 Å². The lowest BCUT2D eigenvalue weighted by atomic mass is 10.2. The number of halogens is 1. The van der Waals surface area contributed by atoms with Crippen molar-refractivity contribution in [2.24, 2.45) is 0 Å². The first-order valence-electron chi connectivity index (χ1n) is 8.83. The largest absolute Gasteiger partial charge is 0.496 e. The molecule has 0 aliphatic carbocycles. The molecule has 4 rings (SSSR count). The molecule has 4 aromatic rings. The number of carbonyl (C=O) groups is 1. The van der Waals surface area contributed by atoms with Crippen LogP contribution in [0.5, 0.6) is 5.75 Å². The molecule has 2 heterocycles. The molecule has 0 atom stereocenters. The van der Waals surface area contributed by atoms with E-state index in [4.69, 9.17) is 4.74 Å². The number of rotatable bonds is 6. The van der Waals surface area contributed by atoms with Crippen molar-refractivity contribution in [2.75, 3.05) is 12.4 Å². The van der Waals surface area contributed by atoms with Gasteiger partial charge in [0.25, 0.3) is 5.91 Å². The molecule has 8 heteroatoms. The highest BCUT2D eigenvalue weighted by Crippen LogP contribution is 2.24. The third-order valence-corrected chi connectivity index (χ3v) is 5.13. The third kappa shape index (κ3) is 3.88. The maximum absolute atomic E-state index is 14.3. The van der Waals surface area contributed by atoms with Crippen molar-refractivity contribution in [3.05, 3.63) is 82.3 Å². The number of thiophene rings is 1. The molecule has 0 amide bonds. The van der Waals surface area contributed by atoms with E-state index in [1.54, 1.807) is 53.8 Å². The summed E-state index contributed by atoms with van der Waals surface area (Å²) in [5.74, 6) is -0.109. The Balaban J connectivity index is 1.76. The number of aromatic nitrogens is 3. The number of anilines is 1. The van der Waals surface area contributed by atoms with Crippen LogP contribution in [0.4, 0.5) is 10.3 Å². The van der Waals surface area contributed by atoms with Gasteiger partial charge in [-0.1, -0.05) is 30.3 Å². The average Bonchev–Trinajstić information content (AvgIpc) is 3.42. The second-order valence-corrected chi connectivity index (χ2v) is 7.12. The number of nitrogens with one attached hydrogen (secondary N) is 1. The second kappa shape index (κ2) is 8.24. The molecule has 0 bridgehead atoms. The molecule has 0 spiro atoms. The fourth-order valence-corrected chi connectivity index (χ4v) is 3.48. The van der Waals surface area contributed by atoms with Gasteiger partial charge in [-0.3, -0.25) is 4.79 Å². The molecule has 1 N–H and O–H groups in total. The first-order valence-corrected chi connectivity index (χ1v) is 9.71. The zero-order chi connectivity index (χ0) is 20.2. The Kier molecular flexibility index (Phi) is 5.35. The molecule has 2 aromatic carbocycles. The summed E-state index contributed by atoms with van der Waals surface area (Å²) in [5, 5.41) is 9.39. The van der Waals surface area contributed by atoms with E-state index in [0.29, 0.717) is 17.9 Å². The molecule has 0 aliphatic heterocycles. The van der Waals surface area contributed by atoms with Gasteiger partial charge in [0.1, 0.15) is 11.6 Å². The molecule has 6 nitrogen and oxygen atoms in total. The van der Waals surface area contributed by atoms with Crippen LogP contribution in [0.2, 0.25) is 0 Å². The summed E-state index contributed by atoms with van der Waals surface area (Å²) >= 11 is 1.58. The lowest BCUT2D eigenvalue weighted by Gasteiger charge is -2.09. The molecule has 0 unspecified atom stereocenters. The minimum absolute atomic E-state index is 0.125. The van der Waals surface area contributed by atoms with E-state index in [9.17, 15) is 9.18 Å². The monoisotopic (exact) mass is 408 g/mol. The SMILES string of the molecule is COc1ccccc1C(=O)n1nc(-c2ccccc2F)nc1NCc1cccs1. The number of carbonyl (C=O) groups excluding carboxylic acids is 1. The first-order chi connectivity index (χ1) is 14.2. The summed E-state index contributed by atoms with van der Waals surface area (Å²) in [4.78, 5) is 18.6. The Morgan fingerprint density at radius 1 is 1.14 bits per heavy atom. The van der Waals surface area contributed by atoms with E-state index in [1.807, 2.05) is 17.5 Å². The van der Waals surface area contributed by atoms with E-state index in [0.717, 1.165) is 9.56 Å². The normalized spacial score (nSPS) is 10.7. The van der Waals surface area contributed by atoms with Crippen molar-refractivity contribution >= 4 is 23.2 Å². The Hall–Kier alpha value is -3.52. The Morgan fingerprint density at radius 3 is 2.69 bits per heavy atom. The number of nitrogens with zero attached hydrogens (tertiary/aromatic N) is 3. The highest BCUT2D eigenvalue weighted by molar-refractivity contribution is 7.09. The topological polar surface area (TPSA) is 69.0 Å². The summed E-state index contributed by atoms with van der Waals surface area (Å²) in [6, 6.07) is 17.0. The molecule has 0 saturated heterocycles. The van der Waals surface area contributed by atoms with Gasteiger partial charge in [0.15, 0.2) is 5.82 Å². The van der Waals surface area contributed by atoms with Gasteiger partial charge in [-0.2, -0.15) is 9.67 Å². The van der Waals surface area contributed by atoms with Crippen LogP contribution in [0.15, 0.2) is 66.0 Å². The zero-order valence-corrected chi connectivity index (χ0v) is 16.3. The maximum atomic E-state index is 14.3. The van der Waals surface area contributed by atoms with Crippen molar-refractivity contribution in [3.8, 4) is 17.1 Å². The summed E-state index contributed by atoms with van der Waals surface area (Å²) < 4.78 is 20.7. The Morgan fingerprint density at radius 2 is 1.93 bits per heavy atom. The molecule has 0 radical (unpaired) electrons. The number of methoxy groups -OCH3 is 1. The first kappa shape index (κ1) is 18.8. The van der Waals surface area contributed by atoms with Gasteiger partial charge in [-0.05, 0) is 35.7 Å². The fourth-order valence-electron chi connectivity index (χ4n) is 2.84. The van der Waals surface area contributed by atoms with E-state index in [-0.39, 0.29) is 17.3 Å². The molecular weight excluding hydrogens is 391 g/mol. The highest BCUT2D eigenvalue weighted by atomic mass is 32.1. The van der Waals surface area contributed by atoms with Gasteiger partial charge in [0.2, 0.25) is 5.95 Å². The average molecular weight is 408 g/mol. The molecule has 2 aromatic heterocycles. The summed E-state index contributed by atoms with van der Waals surface area (Å²) in [6.45, 7) is 0.465. The number of benzene rings is 2. The molecule has 0 fully saturated rings. The summed E-state index contributed by atoms with van der Waals surface area (Å²) in [7, 11) is 1.49. The lowest BCUT2D eigenvalue weighted by molar-refractivity contribution is 0.0944. The van der Waals surface area contributed by atoms with Crippen molar-refractivity contribution in [1.29, 1.82) is 0 Å².